The highest BCUT2D eigenvalue weighted by Crippen LogP contribution is 2.32. The Kier molecular flexibility index (Phi) is 6.08. The van der Waals surface area contributed by atoms with Crippen molar-refractivity contribution in [3.63, 3.8) is 0 Å². The Morgan fingerprint density at radius 2 is 2.09 bits per heavy atom. The number of hydrogen-bond acceptors (Lipinski definition) is 8. The summed E-state index contributed by atoms with van der Waals surface area (Å²) in [5, 5.41) is 10.9. The van der Waals surface area contributed by atoms with Gasteiger partial charge in [0.1, 0.15) is 23.2 Å². The van der Waals surface area contributed by atoms with Crippen LogP contribution >= 0.6 is 11.3 Å². The van der Waals surface area contributed by atoms with E-state index in [0.29, 0.717) is 21.9 Å². The van der Waals surface area contributed by atoms with Gasteiger partial charge in [-0.3, -0.25) is 33.3 Å². The summed E-state index contributed by atoms with van der Waals surface area (Å²) in [5.74, 6) is -0.504. The van der Waals surface area contributed by atoms with Crippen LogP contribution in [0.1, 0.15) is 40.5 Å². The van der Waals surface area contributed by atoms with Crippen LogP contribution in [-0.2, 0) is 24.9 Å². The molecule has 11 nitrogen and oxygen atoms in total. The van der Waals surface area contributed by atoms with E-state index in [4.69, 9.17) is 4.84 Å². The number of aryl methyl sites for hydroxylation is 1. The number of H-pyrrole nitrogens is 1. The predicted octanol–water partition coefficient (Wildman–Crippen LogP) is 0.149. The third-order valence-electron chi connectivity index (χ3n) is 5.35. The Morgan fingerprint density at radius 3 is 2.73 bits per heavy atom. The van der Waals surface area contributed by atoms with E-state index in [1.807, 2.05) is 13.8 Å². The smallest absolute Gasteiger partial charge is 0.331 e. The summed E-state index contributed by atoms with van der Waals surface area (Å²) >= 11 is 1.12. The number of β-amino-alcohol motifs (C(OH)–C–C–N with tert-alkyl or cyclic N) is 1. The first-order valence-corrected chi connectivity index (χ1v) is 11.3. The molecule has 1 fully saturated rings. The Hall–Kier alpha value is -3.09. The van der Waals surface area contributed by atoms with Gasteiger partial charge in [-0.25, -0.2) is 9.86 Å². The van der Waals surface area contributed by atoms with Crippen molar-refractivity contribution in [3.05, 3.63) is 59.2 Å². The molecule has 0 saturated carbocycles. The normalized spacial score (nSPS) is 16.3. The quantitative estimate of drug-likeness (QED) is 0.535. The molecule has 176 valence electrons. The number of fused-ring (bicyclic) bond motifs is 1. The number of thiophene rings is 1. The van der Waals surface area contributed by atoms with Crippen molar-refractivity contribution in [2.45, 2.75) is 39.8 Å². The van der Waals surface area contributed by atoms with Gasteiger partial charge < -0.3 is 10.1 Å². The zero-order chi connectivity index (χ0) is 24.0. The van der Waals surface area contributed by atoms with Crippen molar-refractivity contribution < 1.29 is 14.7 Å². The van der Waals surface area contributed by atoms with Crippen LogP contribution < -0.4 is 16.8 Å². The number of hydroxylamine groups is 2. The highest BCUT2D eigenvalue weighted by atomic mass is 32.1. The zero-order valence-electron chi connectivity index (χ0n) is 18.7. The first-order valence-electron chi connectivity index (χ1n) is 10.5. The molecule has 33 heavy (non-hydrogen) atoms. The van der Waals surface area contributed by atoms with Crippen LogP contribution in [0.2, 0.25) is 0 Å². The highest BCUT2D eigenvalue weighted by molar-refractivity contribution is 7.19. The highest BCUT2D eigenvalue weighted by Gasteiger charge is 2.33. The fraction of sp³-hybridized carbons (Fsp3) is 0.476. The van der Waals surface area contributed by atoms with E-state index in [1.54, 1.807) is 6.92 Å². The molecule has 12 heteroatoms. The van der Waals surface area contributed by atoms with E-state index < -0.39 is 28.8 Å². The van der Waals surface area contributed by atoms with Crippen LogP contribution in [-0.4, -0.2) is 54.4 Å². The second-order valence-corrected chi connectivity index (χ2v) is 9.63. The number of aromatic nitrogens is 4. The molecule has 1 saturated heterocycles. The lowest BCUT2D eigenvalue weighted by Crippen LogP contribution is -2.39. The van der Waals surface area contributed by atoms with Gasteiger partial charge in [-0.2, -0.15) is 0 Å². The summed E-state index contributed by atoms with van der Waals surface area (Å²) in [7, 11) is 1.37. The van der Waals surface area contributed by atoms with Gasteiger partial charge in [0.05, 0.1) is 23.2 Å². The standard InChI is InChI=1S/C21H25N5O6S/c1-10(2)7-25-20-16(18(29)24(4)21(25)31)15(19(30)26-8-12(27)9-32-26)14(33-20)5-13-17(28)22-6-11(3)23-13/h6,10,12,27H,5,7-9H2,1-4H3,(H,22,28)/t12-/m0/s1. The Morgan fingerprint density at radius 1 is 1.36 bits per heavy atom. The molecule has 3 aromatic heterocycles. The van der Waals surface area contributed by atoms with Crippen molar-refractivity contribution in [3.8, 4) is 0 Å². The van der Waals surface area contributed by atoms with Crippen molar-refractivity contribution >= 4 is 27.5 Å². The largest absolute Gasteiger partial charge is 0.389 e. The van der Waals surface area contributed by atoms with Crippen LogP contribution in [0.15, 0.2) is 20.6 Å². The lowest BCUT2D eigenvalue weighted by atomic mass is 10.1. The molecule has 0 radical (unpaired) electrons. The first-order chi connectivity index (χ1) is 15.6. The monoisotopic (exact) mass is 475 g/mol. The minimum absolute atomic E-state index is 0.00709. The number of carbonyl (C=O) groups is 1. The molecule has 0 bridgehead atoms. The van der Waals surface area contributed by atoms with Crippen LogP contribution in [0.5, 0.6) is 0 Å². The molecule has 3 aromatic rings. The maximum absolute atomic E-state index is 13.5. The number of amides is 1. The number of aromatic amines is 1. The van der Waals surface area contributed by atoms with Gasteiger partial charge in [0.25, 0.3) is 17.0 Å². The maximum Gasteiger partial charge on any atom is 0.331 e. The molecule has 1 atom stereocenters. The van der Waals surface area contributed by atoms with Gasteiger partial charge in [-0.15, -0.1) is 11.3 Å². The Bertz CT molecular complexity index is 1420. The third-order valence-corrected chi connectivity index (χ3v) is 6.56. The SMILES string of the molecule is Cc1c[nH]c(=O)c(Cc2sc3c(c2C(=O)N2C[C@H](O)CO2)c(=O)n(C)c(=O)n3CC(C)C)n1. The number of nitrogens with one attached hydrogen (secondary N) is 1. The minimum Gasteiger partial charge on any atom is -0.389 e. The molecule has 0 spiro atoms. The van der Waals surface area contributed by atoms with Crippen LogP contribution in [0.4, 0.5) is 0 Å². The van der Waals surface area contributed by atoms with Crippen molar-refractivity contribution in [2.24, 2.45) is 13.0 Å². The van der Waals surface area contributed by atoms with Crippen molar-refractivity contribution in [2.75, 3.05) is 13.2 Å². The molecule has 0 aliphatic carbocycles. The van der Waals surface area contributed by atoms with E-state index in [1.165, 1.54) is 17.8 Å². The first kappa shape index (κ1) is 23.1. The molecule has 0 unspecified atom stereocenters. The number of carbonyl (C=O) groups excluding carboxylic acids is 1. The second-order valence-electron chi connectivity index (χ2n) is 8.54. The average molecular weight is 476 g/mol. The minimum atomic E-state index is -0.842. The number of hydrogen-bond donors (Lipinski definition) is 2. The zero-order valence-corrected chi connectivity index (χ0v) is 19.6. The van der Waals surface area contributed by atoms with E-state index in [9.17, 15) is 24.3 Å². The summed E-state index contributed by atoms with van der Waals surface area (Å²) < 4.78 is 2.47. The molecular formula is C21H25N5O6S. The summed E-state index contributed by atoms with van der Waals surface area (Å²) in [6, 6.07) is 0. The van der Waals surface area contributed by atoms with Crippen LogP contribution in [0.3, 0.4) is 0 Å². The van der Waals surface area contributed by atoms with Gasteiger partial charge >= 0.3 is 5.69 Å². The molecule has 1 amide bonds. The lowest BCUT2D eigenvalue weighted by Gasteiger charge is -2.15. The molecule has 0 aromatic carbocycles. The van der Waals surface area contributed by atoms with E-state index in [0.717, 1.165) is 21.0 Å². The number of rotatable bonds is 5. The summed E-state index contributed by atoms with van der Waals surface area (Å²) in [6.45, 7) is 5.87. The van der Waals surface area contributed by atoms with E-state index in [-0.39, 0.29) is 42.1 Å². The van der Waals surface area contributed by atoms with Gasteiger partial charge in [0.15, 0.2) is 0 Å². The van der Waals surface area contributed by atoms with Gasteiger partial charge in [0, 0.05) is 31.1 Å². The second kappa shape index (κ2) is 8.69. The number of nitrogens with zero attached hydrogens (tertiary/aromatic N) is 4. The molecule has 1 aliphatic heterocycles. The maximum atomic E-state index is 13.5. The average Bonchev–Trinajstić information content (AvgIpc) is 3.35. The Balaban J connectivity index is 2.01. The van der Waals surface area contributed by atoms with Gasteiger partial charge in [-0.05, 0) is 12.8 Å². The fourth-order valence-electron chi connectivity index (χ4n) is 3.81. The molecule has 2 N–H and O–H groups in total. The van der Waals surface area contributed by atoms with E-state index >= 15 is 0 Å². The molecular weight excluding hydrogens is 450 g/mol. The van der Waals surface area contributed by atoms with Crippen molar-refractivity contribution in [1.29, 1.82) is 0 Å². The van der Waals surface area contributed by atoms with Crippen LogP contribution in [0, 0.1) is 12.8 Å². The summed E-state index contributed by atoms with van der Waals surface area (Å²) in [6.07, 6.45) is 0.635. The summed E-state index contributed by atoms with van der Waals surface area (Å²) in [5.41, 5.74) is -0.648. The summed E-state index contributed by atoms with van der Waals surface area (Å²) in [4.78, 5) is 64.9. The molecule has 4 rings (SSSR count). The number of aliphatic hydroxyl groups excluding tert-OH is 1. The van der Waals surface area contributed by atoms with Gasteiger partial charge in [-0.1, -0.05) is 13.8 Å². The topological polar surface area (TPSA) is 140 Å². The predicted molar refractivity (Wildman–Crippen MR) is 122 cm³/mol. The van der Waals surface area contributed by atoms with Gasteiger partial charge in [0.2, 0.25) is 0 Å². The van der Waals surface area contributed by atoms with E-state index in [2.05, 4.69) is 9.97 Å². The van der Waals surface area contributed by atoms with Crippen LogP contribution in [0.25, 0.3) is 10.2 Å². The lowest BCUT2D eigenvalue weighted by molar-refractivity contribution is -0.0778. The fourth-order valence-corrected chi connectivity index (χ4v) is 5.10. The Labute approximate surface area is 191 Å². The molecule has 1 aliphatic rings. The van der Waals surface area contributed by atoms with Crippen molar-refractivity contribution in [1.82, 2.24) is 24.2 Å². The number of aliphatic hydroxyl groups is 1. The third kappa shape index (κ3) is 4.16. The molecule has 4 heterocycles.